The van der Waals surface area contributed by atoms with E-state index in [1.54, 1.807) is 0 Å². The molecular weight excluding hydrogens is 176 g/mol. The predicted molar refractivity (Wildman–Crippen MR) is 65.4 cm³/mol. The van der Waals surface area contributed by atoms with Crippen molar-refractivity contribution in [2.75, 3.05) is 0 Å². The molecule has 0 nitrogen and oxygen atoms in total. The topological polar surface area (TPSA) is 0 Å². The third-order valence-corrected chi connectivity index (χ3v) is 3.10. The lowest BCUT2D eigenvalue weighted by Gasteiger charge is -2.06. The maximum Gasteiger partial charge on any atom is -0.00461 e. The smallest absolute Gasteiger partial charge is 0.00461 e. The van der Waals surface area contributed by atoms with E-state index in [4.69, 9.17) is 12.2 Å². The highest BCUT2D eigenvalue weighted by Crippen LogP contribution is 2.10. The first-order chi connectivity index (χ1) is 6.18. The van der Waals surface area contributed by atoms with Gasteiger partial charge in [0.1, 0.15) is 0 Å². The van der Waals surface area contributed by atoms with Gasteiger partial charge in [-0.1, -0.05) is 65.1 Å². The van der Waals surface area contributed by atoms with Gasteiger partial charge in [-0.2, -0.15) is 0 Å². The second-order valence-corrected chi connectivity index (χ2v) is 4.66. The van der Waals surface area contributed by atoms with Crippen LogP contribution in [0.1, 0.15) is 65.7 Å². The third kappa shape index (κ3) is 8.42. The number of rotatable bonds is 8. The standard InChI is InChI=1S/C12H24S/c1-4-5-6-7-8-9-10-12(13)11(2)3/h11H,4-10H2,1-3H3. The summed E-state index contributed by atoms with van der Waals surface area (Å²) in [5.74, 6) is 0.602. The highest BCUT2D eigenvalue weighted by atomic mass is 32.1. The molecule has 0 amide bonds. The van der Waals surface area contributed by atoms with E-state index in [0.717, 1.165) is 0 Å². The van der Waals surface area contributed by atoms with Crippen molar-refractivity contribution in [1.29, 1.82) is 0 Å². The SMILES string of the molecule is CCCCCCCCC(=S)C(C)C. The zero-order chi connectivity index (χ0) is 10.1. The molecule has 0 aromatic rings. The van der Waals surface area contributed by atoms with Crippen LogP contribution in [0.4, 0.5) is 0 Å². The van der Waals surface area contributed by atoms with Crippen molar-refractivity contribution in [3.8, 4) is 0 Å². The fourth-order valence-corrected chi connectivity index (χ4v) is 1.51. The van der Waals surface area contributed by atoms with E-state index in [2.05, 4.69) is 20.8 Å². The van der Waals surface area contributed by atoms with Gasteiger partial charge in [0, 0.05) is 0 Å². The fourth-order valence-electron chi connectivity index (χ4n) is 1.37. The first kappa shape index (κ1) is 13.1. The Morgan fingerprint density at radius 3 is 2.08 bits per heavy atom. The van der Waals surface area contributed by atoms with E-state index in [-0.39, 0.29) is 0 Å². The van der Waals surface area contributed by atoms with Crippen LogP contribution in [-0.4, -0.2) is 4.86 Å². The van der Waals surface area contributed by atoms with Crippen molar-refractivity contribution in [3.05, 3.63) is 0 Å². The quantitative estimate of drug-likeness (QED) is 0.402. The highest BCUT2D eigenvalue weighted by Gasteiger charge is 2.01. The molecule has 0 heterocycles. The van der Waals surface area contributed by atoms with Crippen LogP contribution in [0, 0.1) is 5.92 Å². The molecule has 0 rings (SSSR count). The average Bonchev–Trinajstić information content (AvgIpc) is 2.10. The molecule has 0 aliphatic rings. The summed E-state index contributed by atoms with van der Waals surface area (Å²) in [4.78, 5) is 1.26. The second-order valence-electron chi connectivity index (χ2n) is 4.14. The largest absolute Gasteiger partial charge is 0.0894 e. The van der Waals surface area contributed by atoms with E-state index >= 15 is 0 Å². The summed E-state index contributed by atoms with van der Waals surface area (Å²) in [7, 11) is 0. The van der Waals surface area contributed by atoms with Crippen LogP contribution in [0.2, 0.25) is 0 Å². The molecule has 13 heavy (non-hydrogen) atoms. The van der Waals surface area contributed by atoms with Gasteiger partial charge in [-0.25, -0.2) is 0 Å². The summed E-state index contributed by atoms with van der Waals surface area (Å²) >= 11 is 5.28. The summed E-state index contributed by atoms with van der Waals surface area (Å²) in [6.45, 7) is 6.65. The van der Waals surface area contributed by atoms with Crippen molar-refractivity contribution in [2.45, 2.75) is 65.7 Å². The van der Waals surface area contributed by atoms with Gasteiger partial charge in [0.25, 0.3) is 0 Å². The molecule has 1 heteroatoms. The first-order valence-corrected chi connectivity index (χ1v) is 6.12. The average molecular weight is 200 g/mol. The molecule has 0 radical (unpaired) electrons. The minimum absolute atomic E-state index is 0.602. The van der Waals surface area contributed by atoms with Gasteiger partial charge in [0.15, 0.2) is 0 Å². The summed E-state index contributed by atoms with van der Waals surface area (Å²) in [6.07, 6.45) is 9.38. The number of thiocarbonyl (C=S) groups is 1. The number of unbranched alkanes of at least 4 members (excludes halogenated alkanes) is 5. The van der Waals surface area contributed by atoms with Crippen LogP contribution in [-0.2, 0) is 0 Å². The Morgan fingerprint density at radius 1 is 1.00 bits per heavy atom. The molecule has 0 unspecified atom stereocenters. The minimum Gasteiger partial charge on any atom is -0.0894 e. The van der Waals surface area contributed by atoms with Crippen LogP contribution in [0.3, 0.4) is 0 Å². The van der Waals surface area contributed by atoms with Crippen molar-refractivity contribution < 1.29 is 0 Å². The fraction of sp³-hybridized carbons (Fsp3) is 0.917. The minimum atomic E-state index is 0.602. The molecule has 0 atom stereocenters. The summed E-state index contributed by atoms with van der Waals surface area (Å²) in [6, 6.07) is 0. The van der Waals surface area contributed by atoms with Gasteiger partial charge in [0.2, 0.25) is 0 Å². The molecule has 78 valence electrons. The molecule has 0 fully saturated rings. The van der Waals surface area contributed by atoms with Gasteiger partial charge in [0.05, 0.1) is 0 Å². The van der Waals surface area contributed by atoms with Crippen molar-refractivity contribution >= 4 is 17.1 Å². The Morgan fingerprint density at radius 2 is 1.54 bits per heavy atom. The number of hydrogen-bond acceptors (Lipinski definition) is 1. The van der Waals surface area contributed by atoms with E-state index in [1.165, 1.54) is 49.8 Å². The van der Waals surface area contributed by atoms with Gasteiger partial charge >= 0.3 is 0 Å². The Balaban J connectivity index is 3.12. The van der Waals surface area contributed by atoms with Crippen molar-refractivity contribution in [2.24, 2.45) is 5.92 Å². The molecule has 0 spiro atoms. The van der Waals surface area contributed by atoms with E-state index in [9.17, 15) is 0 Å². The van der Waals surface area contributed by atoms with Gasteiger partial charge in [-0.3, -0.25) is 0 Å². The van der Waals surface area contributed by atoms with E-state index in [0.29, 0.717) is 5.92 Å². The summed E-state index contributed by atoms with van der Waals surface area (Å²) < 4.78 is 0. The molecule has 0 aliphatic carbocycles. The van der Waals surface area contributed by atoms with E-state index in [1.807, 2.05) is 0 Å². The predicted octanol–water partition coefficient (Wildman–Crippen LogP) is 4.76. The molecule has 0 saturated heterocycles. The van der Waals surface area contributed by atoms with Crippen LogP contribution in [0.5, 0.6) is 0 Å². The lowest BCUT2D eigenvalue weighted by molar-refractivity contribution is 0.613. The summed E-state index contributed by atoms with van der Waals surface area (Å²) in [5, 5.41) is 0. The Kier molecular flexibility index (Phi) is 8.74. The van der Waals surface area contributed by atoms with Crippen LogP contribution >= 0.6 is 12.2 Å². The molecule has 0 aromatic heterocycles. The zero-order valence-corrected chi connectivity index (χ0v) is 10.3. The molecule has 0 saturated carbocycles. The van der Waals surface area contributed by atoms with Gasteiger partial charge in [-0.05, 0) is 23.6 Å². The van der Waals surface area contributed by atoms with Gasteiger partial charge in [-0.15, -0.1) is 0 Å². The maximum absolute atomic E-state index is 5.28. The Bertz CT molecular complexity index is 127. The number of hydrogen-bond donors (Lipinski definition) is 0. The highest BCUT2D eigenvalue weighted by molar-refractivity contribution is 7.80. The molecule has 0 N–H and O–H groups in total. The zero-order valence-electron chi connectivity index (χ0n) is 9.44. The van der Waals surface area contributed by atoms with Crippen molar-refractivity contribution in [3.63, 3.8) is 0 Å². The van der Waals surface area contributed by atoms with E-state index < -0.39 is 0 Å². The Hall–Kier alpha value is 0.0900. The lowest BCUT2D eigenvalue weighted by Crippen LogP contribution is -2.03. The first-order valence-electron chi connectivity index (χ1n) is 5.71. The third-order valence-electron chi connectivity index (χ3n) is 2.42. The Labute approximate surface area is 89.1 Å². The maximum atomic E-state index is 5.28. The lowest BCUT2D eigenvalue weighted by atomic mass is 10.0. The second kappa shape index (κ2) is 8.68. The summed E-state index contributed by atoms with van der Waals surface area (Å²) in [5.41, 5.74) is 0. The normalized spacial score (nSPS) is 10.8. The molecular formula is C12H24S. The monoisotopic (exact) mass is 200 g/mol. The van der Waals surface area contributed by atoms with Crippen LogP contribution in [0.15, 0.2) is 0 Å². The van der Waals surface area contributed by atoms with Gasteiger partial charge < -0.3 is 0 Å². The van der Waals surface area contributed by atoms with Crippen molar-refractivity contribution in [1.82, 2.24) is 0 Å². The van der Waals surface area contributed by atoms with Crippen LogP contribution < -0.4 is 0 Å². The molecule has 0 aromatic carbocycles. The van der Waals surface area contributed by atoms with Crippen LogP contribution in [0.25, 0.3) is 0 Å². The molecule has 0 bridgehead atoms. The molecule has 0 aliphatic heterocycles.